The van der Waals surface area contributed by atoms with Crippen molar-refractivity contribution in [3.63, 3.8) is 0 Å². The van der Waals surface area contributed by atoms with E-state index in [1.807, 2.05) is 0 Å². The van der Waals surface area contributed by atoms with Crippen molar-refractivity contribution in [1.29, 1.82) is 0 Å². The molecule has 0 radical (unpaired) electrons. The van der Waals surface area contributed by atoms with Gasteiger partial charge in [-0.3, -0.25) is 10.1 Å². The Morgan fingerprint density at radius 2 is 2.22 bits per heavy atom. The minimum absolute atomic E-state index is 0.0322. The molecule has 0 unspecified atom stereocenters. The summed E-state index contributed by atoms with van der Waals surface area (Å²) in [5, 5.41) is 14.0. The maximum atomic E-state index is 10.7. The number of benzene rings is 1. The molecule has 1 aromatic rings. The van der Waals surface area contributed by atoms with E-state index in [-0.39, 0.29) is 11.4 Å². The number of nitrogens with zero attached hydrogens (tertiary/aromatic N) is 1. The first-order chi connectivity index (χ1) is 8.56. The predicted octanol–water partition coefficient (Wildman–Crippen LogP) is 3.17. The highest BCUT2D eigenvalue weighted by Crippen LogP contribution is 2.49. The van der Waals surface area contributed by atoms with Gasteiger partial charge >= 0.3 is 0 Å². The van der Waals surface area contributed by atoms with Gasteiger partial charge in [0.25, 0.3) is 5.69 Å². The molecule has 0 aliphatic heterocycles. The molecule has 1 aromatic carbocycles. The van der Waals surface area contributed by atoms with Crippen LogP contribution in [0.2, 0.25) is 0 Å². The molecule has 1 aliphatic rings. The van der Waals surface area contributed by atoms with Gasteiger partial charge in [0.2, 0.25) is 0 Å². The Morgan fingerprint density at radius 3 is 2.72 bits per heavy atom. The van der Waals surface area contributed by atoms with Crippen LogP contribution in [-0.4, -0.2) is 11.5 Å². The second-order valence-corrected chi connectivity index (χ2v) is 5.13. The summed E-state index contributed by atoms with van der Waals surface area (Å²) in [6, 6.07) is 4.81. The van der Waals surface area contributed by atoms with E-state index in [4.69, 9.17) is 5.73 Å². The van der Waals surface area contributed by atoms with Crippen LogP contribution in [0.1, 0.15) is 32.6 Å². The van der Waals surface area contributed by atoms with Crippen LogP contribution in [0, 0.1) is 15.5 Å². The lowest BCUT2D eigenvalue weighted by Gasteiger charge is -2.16. The van der Waals surface area contributed by atoms with Crippen molar-refractivity contribution in [1.82, 2.24) is 0 Å². The Hall–Kier alpha value is -1.78. The second-order valence-electron chi connectivity index (χ2n) is 5.13. The van der Waals surface area contributed by atoms with E-state index in [9.17, 15) is 10.1 Å². The van der Waals surface area contributed by atoms with Gasteiger partial charge in [-0.05, 0) is 36.8 Å². The molecule has 1 saturated carbocycles. The van der Waals surface area contributed by atoms with Crippen LogP contribution in [0.25, 0.3) is 0 Å². The van der Waals surface area contributed by atoms with Gasteiger partial charge < -0.3 is 11.1 Å². The SMILES string of the molecule is CCCC1(CNc2ccc([N+](=O)[O-])c(N)c2)CC1. The van der Waals surface area contributed by atoms with Gasteiger partial charge in [-0.15, -0.1) is 0 Å². The first kappa shape index (κ1) is 12.7. The molecule has 98 valence electrons. The zero-order valence-corrected chi connectivity index (χ0v) is 10.6. The first-order valence-electron chi connectivity index (χ1n) is 6.34. The van der Waals surface area contributed by atoms with Gasteiger partial charge in [-0.25, -0.2) is 0 Å². The summed E-state index contributed by atoms with van der Waals surface area (Å²) < 4.78 is 0. The zero-order chi connectivity index (χ0) is 13.2. The van der Waals surface area contributed by atoms with E-state index in [1.54, 1.807) is 12.1 Å². The molecule has 0 saturated heterocycles. The zero-order valence-electron chi connectivity index (χ0n) is 10.6. The van der Waals surface area contributed by atoms with Crippen molar-refractivity contribution in [2.75, 3.05) is 17.6 Å². The highest BCUT2D eigenvalue weighted by atomic mass is 16.6. The Kier molecular flexibility index (Phi) is 3.41. The van der Waals surface area contributed by atoms with E-state index < -0.39 is 4.92 Å². The molecule has 5 heteroatoms. The summed E-state index contributed by atoms with van der Waals surface area (Å²) >= 11 is 0. The number of nitrogen functional groups attached to an aromatic ring is 1. The number of nitro benzene ring substituents is 1. The van der Waals surface area contributed by atoms with Crippen molar-refractivity contribution >= 4 is 17.1 Å². The average Bonchev–Trinajstić information content (AvgIpc) is 3.07. The molecule has 0 atom stereocenters. The molecule has 0 heterocycles. The van der Waals surface area contributed by atoms with Crippen LogP contribution in [0.5, 0.6) is 0 Å². The van der Waals surface area contributed by atoms with Crippen molar-refractivity contribution in [2.24, 2.45) is 5.41 Å². The monoisotopic (exact) mass is 249 g/mol. The highest BCUT2D eigenvalue weighted by Gasteiger charge is 2.41. The minimum Gasteiger partial charge on any atom is -0.393 e. The van der Waals surface area contributed by atoms with Crippen LogP contribution in [0.4, 0.5) is 17.1 Å². The second kappa shape index (κ2) is 4.84. The number of anilines is 2. The van der Waals surface area contributed by atoms with Gasteiger partial charge in [-0.2, -0.15) is 0 Å². The number of hydrogen-bond acceptors (Lipinski definition) is 4. The first-order valence-corrected chi connectivity index (χ1v) is 6.34. The number of hydrogen-bond donors (Lipinski definition) is 2. The quantitative estimate of drug-likeness (QED) is 0.461. The lowest BCUT2D eigenvalue weighted by atomic mass is 10.0. The molecule has 0 amide bonds. The van der Waals surface area contributed by atoms with Crippen LogP contribution in [-0.2, 0) is 0 Å². The Morgan fingerprint density at radius 1 is 1.50 bits per heavy atom. The molecule has 0 bridgehead atoms. The number of nitrogens with one attached hydrogen (secondary N) is 1. The largest absolute Gasteiger partial charge is 0.393 e. The van der Waals surface area contributed by atoms with E-state index >= 15 is 0 Å². The van der Waals surface area contributed by atoms with Crippen molar-refractivity contribution < 1.29 is 4.92 Å². The fourth-order valence-corrected chi connectivity index (χ4v) is 2.34. The van der Waals surface area contributed by atoms with Crippen LogP contribution < -0.4 is 11.1 Å². The van der Waals surface area contributed by atoms with Crippen LogP contribution in [0.3, 0.4) is 0 Å². The molecule has 2 rings (SSSR count). The Bertz CT molecular complexity index is 456. The highest BCUT2D eigenvalue weighted by molar-refractivity contribution is 5.65. The summed E-state index contributed by atoms with van der Waals surface area (Å²) in [6.45, 7) is 3.13. The maximum Gasteiger partial charge on any atom is 0.292 e. The lowest BCUT2D eigenvalue weighted by molar-refractivity contribution is -0.383. The molecular weight excluding hydrogens is 230 g/mol. The standard InChI is InChI=1S/C13H19N3O2/c1-2-5-13(6-7-13)9-15-10-3-4-12(16(17)18)11(14)8-10/h3-4,8,15H,2,5-7,9,14H2,1H3. The fraction of sp³-hybridized carbons (Fsp3) is 0.538. The van der Waals surface area contributed by atoms with Gasteiger partial charge in [0.05, 0.1) is 4.92 Å². The van der Waals surface area contributed by atoms with Crippen LogP contribution >= 0.6 is 0 Å². The van der Waals surface area contributed by atoms with E-state index in [2.05, 4.69) is 12.2 Å². The van der Waals surface area contributed by atoms with Gasteiger partial charge in [0, 0.05) is 18.3 Å². The molecular formula is C13H19N3O2. The van der Waals surface area contributed by atoms with Crippen molar-refractivity contribution in [2.45, 2.75) is 32.6 Å². The lowest BCUT2D eigenvalue weighted by Crippen LogP contribution is -2.15. The third kappa shape index (κ3) is 2.72. The molecule has 5 nitrogen and oxygen atoms in total. The fourth-order valence-electron chi connectivity index (χ4n) is 2.34. The Balaban J connectivity index is 1.98. The third-order valence-corrected chi connectivity index (χ3v) is 3.63. The summed E-state index contributed by atoms with van der Waals surface area (Å²) in [5.74, 6) is 0. The summed E-state index contributed by atoms with van der Waals surface area (Å²) in [6.07, 6.45) is 4.99. The normalized spacial score (nSPS) is 16.3. The minimum atomic E-state index is -0.460. The summed E-state index contributed by atoms with van der Waals surface area (Å²) in [4.78, 5) is 10.2. The molecule has 3 N–H and O–H groups in total. The molecule has 0 spiro atoms. The van der Waals surface area contributed by atoms with Crippen molar-refractivity contribution in [3.8, 4) is 0 Å². The molecule has 18 heavy (non-hydrogen) atoms. The predicted molar refractivity (Wildman–Crippen MR) is 72.6 cm³/mol. The van der Waals surface area contributed by atoms with E-state index in [1.165, 1.54) is 31.7 Å². The molecule has 0 aromatic heterocycles. The van der Waals surface area contributed by atoms with Crippen LogP contribution in [0.15, 0.2) is 18.2 Å². The maximum absolute atomic E-state index is 10.7. The van der Waals surface area contributed by atoms with Gasteiger partial charge in [-0.1, -0.05) is 13.3 Å². The van der Waals surface area contributed by atoms with E-state index in [0.717, 1.165) is 12.2 Å². The summed E-state index contributed by atoms with van der Waals surface area (Å²) in [7, 11) is 0. The summed E-state index contributed by atoms with van der Waals surface area (Å²) in [5.41, 5.74) is 7.15. The van der Waals surface area contributed by atoms with Crippen molar-refractivity contribution in [3.05, 3.63) is 28.3 Å². The van der Waals surface area contributed by atoms with Gasteiger partial charge in [0.15, 0.2) is 0 Å². The smallest absolute Gasteiger partial charge is 0.292 e. The Labute approximate surface area is 107 Å². The third-order valence-electron chi connectivity index (χ3n) is 3.63. The van der Waals surface area contributed by atoms with E-state index in [0.29, 0.717) is 5.41 Å². The number of nitro groups is 1. The van der Waals surface area contributed by atoms with Gasteiger partial charge in [0.1, 0.15) is 5.69 Å². The number of nitrogens with two attached hydrogens (primary N) is 1. The topological polar surface area (TPSA) is 81.2 Å². The number of rotatable bonds is 6. The molecule has 1 fully saturated rings. The average molecular weight is 249 g/mol. The molecule has 1 aliphatic carbocycles.